The molecule has 0 aliphatic carbocycles. The van der Waals surface area contributed by atoms with Gasteiger partial charge in [-0.25, -0.2) is 5.43 Å². The lowest BCUT2D eigenvalue weighted by Crippen LogP contribution is -2.20. The van der Waals surface area contributed by atoms with Crippen LogP contribution in [0.1, 0.15) is 22.8 Å². The molecule has 0 saturated heterocycles. The summed E-state index contributed by atoms with van der Waals surface area (Å²) in [4.78, 5) is 22.5. The molecule has 7 heteroatoms. The lowest BCUT2D eigenvalue weighted by molar-refractivity contribution is -0.384. The molecule has 0 heterocycles. The van der Waals surface area contributed by atoms with Crippen molar-refractivity contribution in [2.45, 2.75) is 6.92 Å². The Balaban J connectivity index is 2.23. The number of carbonyl (C=O) groups excluding carboxylic acids is 1. The van der Waals surface area contributed by atoms with E-state index in [4.69, 9.17) is 4.74 Å². The second-order valence-corrected chi connectivity index (χ2v) is 4.65. The van der Waals surface area contributed by atoms with Crippen molar-refractivity contribution >= 4 is 17.3 Å². The number of nitro benzene ring substituents is 1. The van der Waals surface area contributed by atoms with Crippen LogP contribution in [0.2, 0.25) is 0 Å². The van der Waals surface area contributed by atoms with Crippen LogP contribution < -0.4 is 10.2 Å². The molecule has 1 N–H and O–H groups in total. The SMILES string of the molecule is COc1ccc([N+](=O)[O-])cc1C(=O)N/N=C(/C)c1ccccc1. The molecule has 0 saturated carbocycles. The van der Waals surface area contributed by atoms with Gasteiger partial charge in [-0.1, -0.05) is 30.3 Å². The van der Waals surface area contributed by atoms with Crippen molar-refractivity contribution in [1.82, 2.24) is 5.43 Å². The lowest BCUT2D eigenvalue weighted by Gasteiger charge is -2.07. The second-order valence-electron chi connectivity index (χ2n) is 4.65. The van der Waals surface area contributed by atoms with Crippen molar-refractivity contribution < 1.29 is 14.5 Å². The van der Waals surface area contributed by atoms with Gasteiger partial charge in [-0.05, 0) is 18.6 Å². The summed E-state index contributed by atoms with van der Waals surface area (Å²) in [6.07, 6.45) is 0. The van der Waals surface area contributed by atoms with Crippen LogP contribution in [0.4, 0.5) is 5.69 Å². The first-order chi connectivity index (χ1) is 11.0. The van der Waals surface area contributed by atoms with Gasteiger partial charge in [0.2, 0.25) is 0 Å². The van der Waals surface area contributed by atoms with Crippen LogP contribution in [0.15, 0.2) is 53.6 Å². The normalized spacial score (nSPS) is 11.0. The summed E-state index contributed by atoms with van der Waals surface area (Å²) in [6.45, 7) is 1.75. The van der Waals surface area contributed by atoms with Gasteiger partial charge >= 0.3 is 0 Å². The third-order valence-corrected chi connectivity index (χ3v) is 3.16. The highest BCUT2D eigenvalue weighted by Crippen LogP contribution is 2.23. The first-order valence-electron chi connectivity index (χ1n) is 6.75. The second kappa shape index (κ2) is 7.17. The monoisotopic (exact) mass is 313 g/mol. The standard InChI is InChI=1S/C16H15N3O4/c1-11(12-6-4-3-5-7-12)17-18-16(20)14-10-13(19(21)22)8-9-15(14)23-2/h3-10H,1-2H3,(H,18,20)/b17-11-. The van der Waals surface area contributed by atoms with E-state index in [0.29, 0.717) is 5.71 Å². The van der Waals surface area contributed by atoms with Gasteiger partial charge in [0.05, 0.1) is 23.3 Å². The Morgan fingerprint density at radius 2 is 1.91 bits per heavy atom. The number of rotatable bonds is 5. The topological polar surface area (TPSA) is 93.8 Å². The molecular weight excluding hydrogens is 298 g/mol. The summed E-state index contributed by atoms with van der Waals surface area (Å²) in [5, 5.41) is 14.8. The molecule has 0 fully saturated rings. The zero-order valence-corrected chi connectivity index (χ0v) is 12.6. The molecule has 118 valence electrons. The number of hydrogen-bond donors (Lipinski definition) is 1. The molecule has 0 aromatic heterocycles. The smallest absolute Gasteiger partial charge is 0.275 e. The maximum absolute atomic E-state index is 12.2. The van der Waals surface area contributed by atoms with Gasteiger partial charge in [-0.2, -0.15) is 5.10 Å². The van der Waals surface area contributed by atoms with Gasteiger partial charge < -0.3 is 4.74 Å². The number of hydrogen-bond acceptors (Lipinski definition) is 5. The number of amides is 1. The fourth-order valence-corrected chi connectivity index (χ4v) is 1.93. The average molecular weight is 313 g/mol. The van der Waals surface area contributed by atoms with Crippen molar-refractivity contribution in [1.29, 1.82) is 0 Å². The van der Waals surface area contributed by atoms with E-state index in [9.17, 15) is 14.9 Å². The minimum atomic E-state index is -0.583. The van der Waals surface area contributed by atoms with E-state index in [-0.39, 0.29) is 17.0 Å². The molecule has 0 aliphatic heterocycles. The third kappa shape index (κ3) is 3.91. The van der Waals surface area contributed by atoms with E-state index < -0.39 is 10.8 Å². The number of benzene rings is 2. The van der Waals surface area contributed by atoms with Gasteiger partial charge in [0, 0.05) is 12.1 Å². The largest absolute Gasteiger partial charge is 0.496 e. The molecule has 7 nitrogen and oxygen atoms in total. The predicted octanol–water partition coefficient (Wildman–Crippen LogP) is 2.76. The lowest BCUT2D eigenvalue weighted by atomic mass is 10.1. The average Bonchev–Trinajstić information content (AvgIpc) is 2.59. The number of nitrogens with one attached hydrogen (secondary N) is 1. The molecule has 0 aliphatic rings. The van der Waals surface area contributed by atoms with Gasteiger partial charge in [-0.15, -0.1) is 0 Å². The van der Waals surface area contributed by atoms with E-state index in [2.05, 4.69) is 10.5 Å². The quantitative estimate of drug-likeness (QED) is 0.521. The number of ether oxygens (including phenoxy) is 1. The Hall–Kier alpha value is -3.22. The number of methoxy groups -OCH3 is 1. The Bertz CT molecular complexity index is 757. The summed E-state index contributed by atoms with van der Waals surface area (Å²) in [5.74, 6) is -0.346. The molecule has 2 aromatic rings. The van der Waals surface area contributed by atoms with Gasteiger partial charge in [0.15, 0.2) is 0 Å². The maximum Gasteiger partial charge on any atom is 0.275 e. The fourth-order valence-electron chi connectivity index (χ4n) is 1.93. The van der Waals surface area contributed by atoms with Crippen molar-refractivity contribution in [2.24, 2.45) is 5.10 Å². The van der Waals surface area contributed by atoms with Crippen molar-refractivity contribution in [3.63, 3.8) is 0 Å². The van der Waals surface area contributed by atoms with E-state index in [1.165, 1.54) is 19.2 Å². The van der Waals surface area contributed by atoms with Crippen LogP contribution in [0.5, 0.6) is 5.75 Å². The summed E-state index contributed by atoms with van der Waals surface area (Å²) in [6, 6.07) is 13.1. The number of non-ortho nitro benzene ring substituents is 1. The van der Waals surface area contributed by atoms with Crippen molar-refractivity contribution in [2.75, 3.05) is 7.11 Å². The molecule has 0 spiro atoms. The van der Waals surface area contributed by atoms with Crippen LogP contribution >= 0.6 is 0 Å². The first-order valence-corrected chi connectivity index (χ1v) is 6.75. The summed E-state index contributed by atoms with van der Waals surface area (Å²) < 4.78 is 5.06. The van der Waals surface area contributed by atoms with Crippen LogP contribution in [-0.2, 0) is 0 Å². The van der Waals surface area contributed by atoms with Gasteiger partial charge in [0.1, 0.15) is 5.75 Å². The Morgan fingerprint density at radius 1 is 1.22 bits per heavy atom. The van der Waals surface area contributed by atoms with Gasteiger partial charge in [0.25, 0.3) is 11.6 Å². The number of hydrazone groups is 1. The third-order valence-electron chi connectivity index (χ3n) is 3.16. The Morgan fingerprint density at radius 3 is 2.52 bits per heavy atom. The molecule has 0 atom stereocenters. The van der Waals surface area contributed by atoms with Gasteiger partial charge in [-0.3, -0.25) is 14.9 Å². The minimum Gasteiger partial charge on any atom is -0.496 e. The maximum atomic E-state index is 12.2. The molecular formula is C16H15N3O4. The summed E-state index contributed by atoms with van der Waals surface area (Å²) in [5.41, 5.74) is 3.71. The molecule has 23 heavy (non-hydrogen) atoms. The van der Waals surface area contributed by atoms with Crippen LogP contribution in [-0.4, -0.2) is 23.7 Å². The number of nitrogens with zero attached hydrogens (tertiary/aromatic N) is 2. The zero-order valence-electron chi connectivity index (χ0n) is 12.6. The highest BCUT2D eigenvalue weighted by Gasteiger charge is 2.17. The molecule has 1 amide bonds. The Kier molecular flexibility index (Phi) is 5.03. The molecule has 2 rings (SSSR count). The number of carbonyl (C=O) groups is 1. The van der Waals surface area contributed by atoms with E-state index >= 15 is 0 Å². The van der Waals surface area contributed by atoms with Crippen LogP contribution in [0.3, 0.4) is 0 Å². The van der Waals surface area contributed by atoms with Crippen LogP contribution in [0.25, 0.3) is 0 Å². The first kappa shape index (κ1) is 16.2. The fraction of sp³-hybridized carbons (Fsp3) is 0.125. The molecule has 0 unspecified atom stereocenters. The summed E-state index contributed by atoms with van der Waals surface area (Å²) in [7, 11) is 1.39. The summed E-state index contributed by atoms with van der Waals surface area (Å²) >= 11 is 0. The van der Waals surface area contributed by atoms with E-state index in [1.807, 2.05) is 30.3 Å². The zero-order chi connectivity index (χ0) is 16.8. The number of nitro groups is 1. The molecule has 0 radical (unpaired) electrons. The van der Waals surface area contributed by atoms with Crippen molar-refractivity contribution in [3.05, 3.63) is 69.8 Å². The highest BCUT2D eigenvalue weighted by atomic mass is 16.6. The highest BCUT2D eigenvalue weighted by molar-refractivity contribution is 6.01. The molecule has 2 aromatic carbocycles. The van der Waals surface area contributed by atoms with Crippen molar-refractivity contribution in [3.8, 4) is 5.75 Å². The van der Waals surface area contributed by atoms with E-state index in [1.54, 1.807) is 6.92 Å². The molecule has 0 bridgehead atoms. The van der Waals surface area contributed by atoms with Crippen LogP contribution in [0, 0.1) is 10.1 Å². The predicted molar refractivity (Wildman–Crippen MR) is 85.8 cm³/mol. The Labute approximate surface area is 132 Å². The van der Waals surface area contributed by atoms with E-state index in [0.717, 1.165) is 11.6 Å². The minimum absolute atomic E-state index is 0.0475.